The zero-order valence-electron chi connectivity index (χ0n) is 10.9. The molecule has 1 aromatic carbocycles. The van der Waals surface area contributed by atoms with Gasteiger partial charge in [-0.05, 0) is 25.5 Å². The van der Waals surface area contributed by atoms with Crippen molar-refractivity contribution >= 4 is 19.9 Å². The lowest BCUT2D eigenvalue weighted by atomic mass is 10.0. The summed E-state index contributed by atoms with van der Waals surface area (Å²) in [5.41, 5.74) is -1.31. The largest absolute Gasteiger partial charge is 0.244 e. The van der Waals surface area contributed by atoms with Gasteiger partial charge in [0.15, 0.2) is 27.3 Å². The van der Waals surface area contributed by atoms with Crippen LogP contribution in [0.2, 0.25) is 0 Å². The highest BCUT2D eigenvalue weighted by molar-refractivity contribution is 7.92. The van der Waals surface area contributed by atoms with E-state index in [1.807, 2.05) is 0 Å². The highest BCUT2D eigenvalue weighted by atomic mass is 32.2. The standard InChI is InChI=1S/C11H12F3NO4S2/c1-11(4-5-20(16,17)6-11)15-21(18,19)8-3-2-7(12)9(13)10(8)14/h2-3,15H,4-6H2,1H3/t11-/m1/s1. The molecule has 5 nitrogen and oxygen atoms in total. The second kappa shape index (κ2) is 4.96. The van der Waals surface area contributed by atoms with Gasteiger partial charge in [-0.25, -0.2) is 34.7 Å². The number of nitrogens with one attached hydrogen (secondary N) is 1. The third-order valence-electron chi connectivity index (χ3n) is 3.17. The molecule has 1 aromatic rings. The van der Waals surface area contributed by atoms with Crippen molar-refractivity contribution in [1.82, 2.24) is 4.72 Å². The van der Waals surface area contributed by atoms with Crippen LogP contribution in [-0.4, -0.2) is 33.9 Å². The van der Waals surface area contributed by atoms with Gasteiger partial charge in [0.1, 0.15) is 4.90 Å². The van der Waals surface area contributed by atoms with Gasteiger partial charge < -0.3 is 0 Å². The van der Waals surface area contributed by atoms with Gasteiger partial charge in [0.05, 0.1) is 11.5 Å². The van der Waals surface area contributed by atoms with Crippen LogP contribution in [-0.2, 0) is 19.9 Å². The molecule has 1 atom stereocenters. The highest BCUT2D eigenvalue weighted by Gasteiger charge is 2.42. The van der Waals surface area contributed by atoms with Gasteiger partial charge in [-0.3, -0.25) is 0 Å². The molecule has 0 amide bonds. The number of sulfonamides is 1. The van der Waals surface area contributed by atoms with Gasteiger partial charge in [-0.1, -0.05) is 0 Å². The Morgan fingerprint density at radius 3 is 2.33 bits per heavy atom. The summed E-state index contributed by atoms with van der Waals surface area (Å²) in [6.45, 7) is 1.35. The molecular weight excluding hydrogens is 331 g/mol. The van der Waals surface area contributed by atoms with E-state index in [9.17, 15) is 30.0 Å². The molecule has 0 saturated carbocycles. The van der Waals surface area contributed by atoms with Crippen molar-refractivity contribution in [3.8, 4) is 0 Å². The molecule has 21 heavy (non-hydrogen) atoms. The van der Waals surface area contributed by atoms with Crippen molar-refractivity contribution in [3.63, 3.8) is 0 Å². The average Bonchev–Trinajstić information content (AvgIpc) is 2.59. The second-order valence-electron chi connectivity index (χ2n) is 5.18. The van der Waals surface area contributed by atoms with Crippen LogP contribution in [0.15, 0.2) is 17.0 Å². The molecule has 1 saturated heterocycles. The van der Waals surface area contributed by atoms with Crippen LogP contribution in [0, 0.1) is 17.5 Å². The van der Waals surface area contributed by atoms with E-state index in [4.69, 9.17) is 0 Å². The molecule has 0 aliphatic carbocycles. The summed E-state index contributed by atoms with van der Waals surface area (Å²) in [6.07, 6.45) is 0.0137. The lowest BCUT2D eigenvalue weighted by Crippen LogP contribution is -2.47. The molecule has 1 heterocycles. The van der Waals surface area contributed by atoms with Crippen LogP contribution >= 0.6 is 0 Å². The number of hydrogen-bond donors (Lipinski definition) is 1. The minimum absolute atomic E-state index is 0.0137. The Bertz CT molecular complexity index is 792. The molecule has 1 fully saturated rings. The van der Waals surface area contributed by atoms with E-state index in [2.05, 4.69) is 4.72 Å². The number of rotatable bonds is 3. The van der Waals surface area contributed by atoms with E-state index in [0.29, 0.717) is 12.1 Å². The lowest BCUT2D eigenvalue weighted by Gasteiger charge is -2.23. The van der Waals surface area contributed by atoms with E-state index < -0.39 is 53.5 Å². The van der Waals surface area contributed by atoms with Crippen LogP contribution in [0.1, 0.15) is 13.3 Å². The average molecular weight is 343 g/mol. The van der Waals surface area contributed by atoms with E-state index in [1.165, 1.54) is 6.92 Å². The molecule has 0 bridgehead atoms. The number of hydrogen-bond acceptors (Lipinski definition) is 4. The lowest BCUT2D eigenvalue weighted by molar-refractivity contribution is 0.426. The van der Waals surface area contributed by atoms with Crippen molar-refractivity contribution < 1.29 is 30.0 Å². The van der Waals surface area contributed by atoms with Gasteiger partial charge in [0.25, 0.3) is 0 Å². The van der Waals surface area contributed by atoms with E-state index >= 15 is 0 Å². The Morgan fingerprint density at radius 1 is 1.19 bits per heavy atom. The fourth-order valence-corrected chi connectivity index (χ4v) is 5.88. The Kier molecular flexibility index (Phi) is 3.83. The van der Waals surface area contributed by atoms with Crippen LogP contribution in [0.25, 0.3) is 0 Å². The SMILES string of the molecule is C[C@@]1(NS(=O)(=O)c2ccc(F)c(F)c2F)CCS(=O)(=O)C1. The predicted octanol–water partition coefficient (Wildman–Crippen LogP) is 0.959. The molecule has 0 radical (unpaired) electrons. The zero-order valence-corrected chi connectivity index (χ0v) is 12.5. The fraction of sp³-hybridized carbons (Fsp3) is 0.455. The van der Waals surface area contributed by atoms with E-state index in [1.54, 1.807) is 0 Å². The first-order valence-corrected chi connectivity index (χ1v) is 9.14. The van der Waals surface area contributed by atoms with E-state index in [0.717, 1.165) is 0 Å². The molecule has 1 aliphatic rings. The molecular formula is C11H12F3NO4S2. The smallest absolute Gasteiger partial charge is 0.229 e. The Labute approximate surface area is 120 Å². The van der Waals surface area contributed by atoms with Crippen molar-refractivity contribution in [2.24, 2.45) is 0 Å². The summed E-state index contributed by atoms with van der Waals surface area (Å²) in [7, 11) is -7.91. The summed E-state index contributed by atoms with van der Waals surface area (Å²) in [5.74, 6) is -5.90. The van der Waals surface area contributed by atoms with Crippen LogP contribution in [0.5, 0.6) is 0 Å². The molecule has 1 N–H and O–H groups in total. The van der Waals surface area contributed by atoms with Crippen LogP contribution < -0.4 is 4.72 Å². The maximum absolute atomic E-state index is 13.6. The summed E-state index contributed by atoms with van der Waals surface area (Å²) >= 11 is 0. The van der Waals surface area contributed by atoms with Crippen molar-refractivity contribution in [3.05, 3.63) is 29.6 Å². The maximum Gasteiger partial charge on any atom is 0.244 e. The minimum atomic E-state index is -4.52. The van der Waals surface area contributed by atoms with Gasteiger partial charge in [0.2, 0.25) is 10.0 Å². The van der Waals surface area contributed by atoms with Gasteiger partial charge >= 0.3 is 0 Å². The summed E-state index contributed by atoms with van der Waals surface area (Å²) < 4.78 is 88.5. The molecule has 0 spiro atoms. The quantitative estimate of drug-likeness (QED) is 0.829. The molecule has 10 heteroatoms. The first kappa shape index (κ1) is 16.2. The van der Waals surface area contributed by atoms with Gasteiger partial charge in [-0.15, -0.1) is 0 Å². The molecule has 118 valence electrons. The van der Waals surface area contributed by atoms with E-state index in [-0.39, 0.29) is 12.2 Å². The topological polar surface area (TPSA) is 80.3 Å². The van der Waals surface area contributed by atoms with Crippen LogP contribution in [0.4, 0.5) is 13.2 Å². The van der Waals surface area contributed by atoms with Crippen molar-refractivity contribution in [2.45, 2.75) is 23.8 Å². The summed E-state index contributed by atoms with van der Waals surface area (Å²) in [5, 5.41) is 0. The molecule has 1 aliphatic heterocycles. The van der Waals surface area contributed by atoms with Crippen molar-refractivity contribution in [1.29, 1.82) is 0 Å². The second-order valence-corrected chi connectivity index (χ2v) is 9.02. The Morgan fingerprint density at radius 2 is 1.81 bits per heavy atom. The summed E-state index contributed by atoms with van der Waals surface area (Å²) in [4.78, 5) is -1.06. The van der Waals surface area contributed by atoms with Crippen molar-refractivity contribution in [2.75, 3.05) is 11.5 Å². The van der Waals surface area contributed by atoms with Gasteiger partial charge in [-0.2, -0.15) is 0 Å². The summed E-state index contributed by atoms with van der Waals surface area (Å²) in [6, 6.07) is 1.07. The first-order chi connectivity index (χ1) is 9.46. The zero-order chi connectivity index (χ0) is 16.1. The third kappa shape index (κ3) is 3.22. The molecule has 0 unspecified atom stereocenters. The van der Waals surface area contributed by atoms with Crippen LogP contribution in [0.3, 0.4) is 0 Å². The predicted molar refractivity (Wildman–Crippen MR) is 68.3 cm³/mol. The number of sulfone groups is 1. The maximum atomic E-state index is 13.6. The monoisotopic (exact) mass is 343 g/mol. The third-order valence-corrected chi connectivity index (χ3v) is 6.73. The normalized spacial score (nSPS) is 25.1. The molecule has 0 aromatic heterocycles. The fourth-order valence-electron chi connectivity index (χ4n) is 2.19. The molecule has 2 rings (SSSR count). The van der Waals surface area contributed by atoms with Gasteiger partial charge in [0, 0.05) is 5.54 Å². The minimum Gasteiger partial charge on any atom is -0.229 e. The highest BCUT2D eigenvalue weighted by Crippen LogP contribution is 2.27. The number of halogens is 3. The Hall–Kier alpha value is -1.13. The first-order valence-electron chi connectivity index (χ1n) is 5.84. The Balaban J connectivity index is 2.39. The number of benzene rings is 1.